The van der Waals surface area contributed by atoms with Crippen LogP contribution in [0.1, 0.15) is 0 Å². The van der Waals surface area contributed by atoms with Crippen molar-refractivity contribution in [3.05, 3.63) is 17.3 Å². The molecule has 4 fully saturated rings. The minimum absolute atomic E-state index is 0.335. The van der Waals surface area contributed by atoms with E-state index in [1.54, 1.807) is 6.07 Å². The van der Waals surface area contributed by atoms with Crippen molar-refractivity contribution in [1.29, 1.82) is 0 Å². The molecule has 0 radical (unpaired) electrons. The molecule has 0 bridgehead atoms. The zero-order chi connectivity index (χ0) is 33.1. The maximum atomic E-state index is 6.08. The van der Waals surface area contributed by atoms with Crippen LogP contribution in [0.4, 0.5) is 17.5 Å². The van der Waals surface area contributed by atoms with Gasteiger partial charge in [-0.2, -0.15) is 19.9 Å². The molecular formula is C28H49ClN12O6. The van der Waals surface area contributed by atoms with E-state index < -0.39 is 0 Å². The van der Waals surface area contributed by atoms with Crippen LogP contribution in [0, 0.1) is 0 Å². The van der Waals surface area contributed by atoms with Gasteiger partial charge in [-0.05, 0) is 0 Å². The predicted molar refractivity (Wildman–Crippen MR) is 177 cm³/mol. The van der Waals surface area contributed by atoms with Gasteiger partial charge in [0.25, 0.3) is 0 Å². The third-order valence-corrected chi connectivity index (χ3v) is 7.85. The first kappa shape index (κ1) is 36.9. The van der Waals surface area contributed by atoms with Crippen LogP contribution in [0.15, 0.2) is 12.1 Å². The number of rotatable bonds is 11. The smallest absolute Gasteiger partial charge is 0.320 e. The van der Waals surface area contributed by atoms with E-state index in [0.29, 0.717) is 62.6 Å². The standard InChI is InChI=1S/C14H21ClN4O3.C14H24N6O3.H4N2/c15-12-11-13(19-4-8-21-9-5-19)17-14(16-12)22-10-3-18-1-6-20-7-2-18;15-18-12-11-13(20-4-8-22-9-5-20)17-14(16-12)23-10-3-19-1-6-21-7-2-19;1-2/h11H,1-10H2;11H,1-10,15H2,(H,16,17,18);1-2H2. The Kier molecular flexibility index (Phi) is 16.6. The van der Waals surface area contributed by atoms with Gasteiger partial charge in [-0.1, -0.05) is 11.6 Å². The lowest BCUT2D eigenvalue weighted by molar-refractivity contribution is 0.0316. The number of nitrogens with zero attached hydrogens (tertiary/aromatic N) is 8. The van der Waals surface area contributed by atoms with Gasteiger partial charge in [-0.25, -0.2) is 5.84 Å². The summed E-state index contributed by atoms with van der Waals surface area (Å²) in [6, 6.07) is 4.26. The molecule has 6 rings (SSSR count). The molecule has 0 unspecified atom stereocenters. The molecule has 19 heteroatoms. The zero-order valence-electron chi connectivity index (χ0n) is 26.9. The van der Waals surface area contributed by atoms with E-state index in [2.05, 4.69) is 56.6 Å². The fraction of sp³-hybridized carbons (Fsp3) is 0.714. The number of aromatic nitrogens is 4. The van der Waals surface area contributed by atoms with Gasteiger partial charge >= 0.3 is 12.0 Å². The van der Waals surface area contributed by atoms with Crippen LogP contribution in [0.5, 0.6) is 12.0 Å². The summed E-state index contributed by atoms with van der Waals surface area (Å²) >= 11 is 6.08. The zero-order valence-corrected chi connectivity index (χ0v) is 27.7. The molecule has 0 saturated carbocycles. The minimum Gasteiger partial charge on any atom is -0.462 e. The molecule has 4 aliphatic rings. The monoisotopic (exact) mass is 684 g/mol. The average Bonchev–Trinajstić information content (AvgIpc) is 3.14. The van der Waals surface area contributed by atoms with Crippen molar-refractivity contribution in [3.63, 3.8) is 0 Å². The van der Waals surface area contributed by atoms with Crippen molar-refractivity contribution in [3.8, 4) is 12.0 Å². The van der Waals surface area contributed by atoms with E-state index in [-0.39, 0.29) is 0 Å². The Morgan fingerprint density at radius 2 is 1.02 bits per heavy atom. The lowest BCUT2D eigenvalue weighted by Gasteiger charge is -2.28. The van der Waals surface area contributed by atoms with Gasteiger partial charge in [0.05, 0.1) is 52.9 Å². The topological polar surface area (TPSA) is 210 Å². The number of morpholine rings is 4. The Bertz CT molecular complexity index is 1150. The van der Waals surface area contributed by atoms with Crippen molar-refractivity contribution in [2.75, 3.05) is 147 Å². The Hall–Kier alpha value is -2.91. The van der Waals surface area contributed by atoms with Gasteiger partial charge in [-0.3, -0.25) is 21.5 Å². The molecule has 47 heavy (non-hydrogen) atoms. The highest BCUT2D eigenvalue weighted by molar-refractivity contribution is 6.29. The molecule has 0 amide bonds. The minimum atomic E-state index is 0.335. The molecular weight excluding hydrogens is 636 g/mol. The van der Waals surface area contributed by atoms with Crippen molar-refractivity contribution in [2.24, 2.45) is 17.5 Å². The van der Waals surface area contributed by atoms with Crippen LogP contribution >= 0.6 is 11.6 Å². The van der Waals surface area contributed by atoms with Gasteiger partial charge in [0.2, 0.25) is 0 Å². The predicted octanol–water partition coefficient (Wildman–Crippen LogP) is -1.19. The molecule has 264 valence electrons. The van der Waals surface area contributed by atoms with Crippen molar-refractivity contribution in [2.45, 2.75) is 0 Å². The molecule has 0 atom stereocenters. The van der Waals surface area contributed by atoms with Crippen molar-refractivity contribution >= 4 is 29.1 Å². The molecule has 4 aliphatic heterocycles. The Morgan fingerprint density at radius 1 is 0.617 bits per heavy atom. The highest BCUT2D eigenvalue weighted by Gasteiger charge is 2.18. The number of ether oxygens (including phenoxy) is 6. The van der Waals surface area contributed by atoms with Gasteiger partial charge in [-0.15, -0.1) is 0 Å². The van der Waals surface area contributed by atoms with Crippen LogP contribution in [0.25, 0.3) is 0 Å². The summed E-state index contributed by atoms with van der Waals surface area (Å²) in [6.07, 6.45) is 0. The van der Waals surface area contributed by atoms with Crippen molar-refractivity contribution < 1.29 is 28.4 Å². The molecule has 0 spiro atoms. The first-order valence-corrected chi connectivity index (χ1v) is 16.3. The molecule has 7 N–H and O–H groups in total. The van der Waals surface area contributed by atoms with Crippen LogP contribution in [-0.4, -0.2) is 161 Å². The second-order valence-electron chi connectivity index (χ2n) is 10.7. The highest BCUT2D eigenvalue weighted by Crippen LogP contribution is 2.21. The maximum Gasteiger partial charge on any atom is 0.320 e. The Morgan fingerprint density at radius 3 is 1.47 bits per heavy atom. The lowest BCUT2D eigenvalue weighted by atomic mass is 10.4. The molecule has 2 aromatic rings. The lowest BCUT2D eigenvalue weighted by Crippen LogP contribution is -2.39. The Labute approximate surface area is 280 Å². The van der Waals surface area contributed by atoms with Gasteiger partial charge < -0.3 is 43.6 Å². The normalized spacial score (nSPS) is 19.1. The summed E-state index contributed by atoms with van der Waals surface area (Å²) in [5, 5.41) is 0.401. The third kappa shape index (κ3) is 12.9. The molecule has 2 aromatic heterocycles. The first-order valence-electron chi connectivity index (χ1n) is 15.9. The SMILES string of the molecule is Clc1cc(N2CCOCC2)nc(OCCN2CCOCC2)n1.NN.NNc1cc(N2CCOCC2)nc(OCCN2CCOCC2)n1. The largest absolute Gasteiger partial charge is 0.462 e. The van der Waals surface area contributed by atoms with Gasteiger partial charge in [0, 0.05) is 77.6 Å². The number of anilines is 3. The van der Waals surface area contributed by atoms with Gasteiger partial charge in [0.15, 0.2) is 0 Å². The summed E-state index contributed by atoms with van der Waals surface area (Å²) < 4.78 is 32.8. The number of hydrogen-bond donors (Lipinski definition) is 4. The van der Waals surface area contributed by atoms with Crippen LogP contribution in [0.3, 0.4) is 0 Å². The summed E-state index contributed by atoms with van der Waals surface area (Å²) in [6.45, 7) is 15.7. The van der Waals surface area contributed by atoms with E-state index >= 15 is 0 Å². The number of nitrogen functional groups attached to an aromatic ring is 1. The number of nitrogens with one attached hydrogen (secondary N) is 1. The first-order chi connectivity index (χ1) is 23.2. The average molecular weight is 685 g/mol. The van der Waals surface area contributed by atoms with Crippen molar-refractivity contribution in [1.82, 2.24) is 29.7 Å². The van der Waals surface area contributed by atoms with E-state index in [4.69, 9.17) is 45.9 Å². The van der Waals surface area contributed by atoms with Crippen LogP contribution < -0.4 is 42.2 Å². The number of hydrazine groups is 2. The van der Waals surface area contributed by atoms with Crippen LogP contribution in [0.2, 0.25) is 5.15 Å². The third-order valence-electron chi connectivity index (χ3n) is 7.66. The van der Waals surface area contributed by atoms with E-state index in [1.165, 1.54) is 0 Å². The summed E-state index contributed by atoms with van der Waals surface area (Å²) in [5.74, 6) is 15.6. The summed E-state index contributed by atoms with van der Waals surface area (Å²) in [4.78, 5) is 26.2. The van der Waals surface area contributed by atoms with Gasteiger partial charge in [0.1, 0.15) is 35.8 Å². The number of nitrogens with two attached hydrogens (primary N) is 3. The number of hydrogen-bond acceptors (Lipinski definition) is 18. The summed E-state index contributed by atoms with van der Waals surface area (Å²) in [5.41, 5.74) is 2.57. The van der Waals surface area contributed by atoms with E-state index in [9.17, 15) is 0 Å². The Balaban J connectivity index is 0.000000202. The molecule has 4 saturated heterocycles. The summed E-state index contributed by atoms with van der Waals surface area (Å²) in [7, 11) is 0. The molecule has 0 aromatic carbocycles. The highest BCUT2D eigenvalue weighted by atomic mass is 35.5. The number of halogens is 1. The fourth-order valence-electron chi connectivity index (χ4n) is 5.09. The fourth-order valence-corrected chi connectivity index (χ4v) is 5.26. The molecule has 6 heterocycles. The molecule has 0 aliphatic carbocycles. The van der Waals surface area contributed by atoms with Crippen LogP contribution in [-0.2, 0) is 18.9 Å². The van der Waals surface area contributed by atoms with E-state index in [1.807, 2.05) is 6.07 Å². The molecule has 18 nitrogen and oxygen atoms in total. The second-order valence-corrected chi connectivity index (χ2v) is 11.1. The second kappa shape index (κ2) is 21.1. The maximum absolute atomic E-state index is 6.08. The van der Waals surface area contributed by atoms with E-state index in [0.717, 1.165) is 104 Å². The quantitative estimate of drug-likeness (QED) is 0.124.